The lowest BCUT2D eigenvalue weighted by Crippen LogP contribution is -2.14. The van der Waals surface area contributed by atoms with Crippen molar-refractivity contribution in [2.45, 2.75) is 26.6 Å². The Bertz CT molecular complexity index is 574. The number of thiophene rings is 1. The summed E-state index contributed by atoms with van der Waals surface area (Å²) in [5.74, 6) is 0.207. The van der Waals surface area contributed by atoms with Crippen LogP contribution in [0.1, 0.15) is 16.0 Å². The Kier molecular flexibility index (Phi) is 5.51. The van der Waals surface area contributed by atoms with Crippen molar-refractivity contribution in [1.82, 2.24) is 5.32 Å². The van der Waals surface area contributed by atoms with Gasteiger partial charge < -0.3 is 10.1 Å². The maximum Gasteiger partial charge on any atom is 0.387 e. The van der Waals surface area contributed by atoms with E-state index in [0.717, 1.165) is 4.47 Å². The third-order valence-corrected chi connectivity index (χ3v) is 4.32. The number of hydrogen-bond acceptors (Lipinski definition) is 3. The second kappa shape index (κ2) is 7.15. The molecule has 0 saturated heterocycles. The van der Waals surface area contributed by atoms with Crippen LogP contribution in [0.25, 0.3) is 0 Å². The van der Waals surface area contributed by atoms with Crippen molar-refractivity contribution in [3.63, 3.8) is 0 Å². The van der Waals surface area contributed by atoms with Crippen LogP contribution >= 0.6 is 27.3 Å². The first-order valence-electron chi connectivity index (χ1n) is 6.03. The predicted octanol–water partition coefficient (Wildman–Crippen LogP) is 4.71. The highest BCUT2D eigenvalue weighted by atomic mass is 79.9. The molecule has 108 valence electrons. The molecule has 0 spiro atoms. The van der Waals surface area contributed by atoms with Crippen LogP contribution in [0.15, 0.2) is 34.1 Å². The zero-order chi connectivity index (χ0) is 14.5. The van der Waals surface area contributed by atoms with Crippen LogP contribution in [0.4, 0.5) is 8.78 Å². The van der Waals surface area contributed by atoms with Gasteiger partial charge in [-0.2, -0.15) is 8.78 Å². The predicted molar refractivity (Wildman–Crippen MR) is 80.4 cm³/mol. The van der Waals surface area contributed by atoms with Gasteiger partial charge in [0.05, 0.1) is 0 Å². The highest BCUT2D eigenvalue weighted by molar-refractivity contribution is 9.10. The summed E-state index contributed by atoms with van der Waals surface area (Å²) in [5, 5.41) is 5.29. The molecule has 20 heavy (non-hydrogen) atoms. The summed E-state index contributed by atoms with van der Waals surface area (Å²) < 4.78 is 30.1. The number of nitrogens with one attached hydrogen (secondary N) is 1. The van der Waals surface area contributed by atoms with E-state index in [9.17, 15) is 8.78 Å². The van der Waals surface area contributed by atoms with Crippen LogP contribution in [0, 0.1) is 6.92 Å². The Morgan fingerprint density at radius 1 is 1.30 bits per heavy atom. The standard InChI is InChI=1S/C14H14BrF2NOS/c1-9-4-5-20-13(9)8-18-7-10-6-11(15)2-3-12(10)19-14(16)17/h2-6,14,18H,7-8H2,1H3. The molecule has 0 aliphatic carbocycles. The maximum absolute atomic E-state index is 12.3. The molecule has 0 radical (unpaired) electrons. The van der Waals surface area contributed by atoms with E-state index < -0.39 is 6.61 Å². The number of benzene rings is 1. The summed E-state index contributed by atoms with van der Waals surface area (Å²) in [4.78, 5) is 1.25. The number of aryl methyl sites for hydroxylation is 1. The summed E-state index contributed by atoms with van der Waals surface area (Å²) in [6.07, 6.45) is 0. The smallest absolute Gasteiger partial charge is 0.387 e. The van der Waals surface area contributed by atoms with Gasteiger partial charge in [-0.1, -0.05) is 15.9 Å². The molecule has 0 aliphatic heterocycles. The van der Waals surface area contributed by atoms with E-state index in [4.69, 9.17) is 0 Å². The minimum absolute atomic E-state index is 0.207. The normalized spacial score (nSPS) is 11.1. The van der Waals surface area contributed by atoms with Crippen molar-refractivity contribution in [2.75, 3.05) is 0 Å². The lowest BCUT2D eigenvalue weighted by atomic mass is 10.2. The van der Waals surface area contributed by atoms with E-state index in [2.05, 4.69) is 39.0 Å². The lowest BCUT2D eigenvalue weighted by molar-refractivity contribution is -0.0505. The average molecular weight is 362 g/mol. The molecular formula is C14H14BrF2NOS. The van der Waals surface area contributed by atoms with Crippen LogP contribution in [0.2, 0.25) is 0 Å². The van der Waals surface area contributed by atoms with Gasteiger partial charge in [-0.15, -0.1) is 11.3 Å². The summed E-state index contributed by atoms with van der Waals surface area (Å²) in [6, 6.07) is 7.08. The first kappa shape index (κ1) is 15.4. The topological polar surface area (TPSA) is 21.3 Å². The van der Waals surface area contributed by atoms with Crippen LogP contribution in [0.3, 0.4) is 0 Å². The summed E-state index contributed by atoms with van der Waals surface area (Å²) >= 11 is 5.02. The van der Waals surface area contributed by atoms with E-state index in [1.807, 2.05) is 5.38 Å². The number of halogens is 3. The fourth-order valence-corrected chi connectivity index (χ4v) is 3.08. The molecule has 2 rings (SSSR count). The van der Waals surface area contributed by atoms with Gasteiger partial charge in [0.2, 0.25) is 0 Å². The number of hydrogen-bond donors (Lipinski definition) is 1. The second-order valence-electron chi connectivity index (χ2n) is 4.26. The Labute approximate surface area is 128 Å². The van der Waals surface area contributed by atoms with Gasteiger partial charge in [0.25, 0.3) is 0 Å². The van der Waals surface area contributed by atoms with E-state index in [0.29, 0.717) is 18.7 Å². The van der Waals surface area contributed by atoms with Crippen molar-refractivity contribution in [2.24, 2.45) is 0 Å². The van der Waals surface area contributed by atoms with Gasteiger partial charge >= 0.3 is 6.61 Å². The molecule has 0 unspecified atom stereocenters. The molecule has 0 fully saturated rings. The third-order valence-electron chi connectivity index (χ3n) is 2.81. The highest BCUT2D eigenvalue weighted by Crippen LogP contribution is 2.25. The number of ether oxygens (including phenoxy) is 1. The largest absolute Gasteiger partial charge is 0.434 e. The third kappa shape index (κ3) is 4.26. The Morgan fingerprint density at radius 3 is 2.75 bits per heavy atom. The molecule has 0 saturated carbocycles. The summed E-state index contributed by atoms with van der Waals surface area (Å²) in [7, 11) is 0. The fraction of sp³-hybridized carbons (Fsp3) is 0.286. The van der Waals surface area contributed by atoms with Crippen molar-refractivity contribution in [3.8, 4) is 5.75 Å². The molecule has 6 heteroatoms. The average Bonchev–Trinajstić information content (AvgIpc) is 2.78. The number of rotatable bonds is 6. The quantitative estimate of drug-likeness (QED) is 0.804. The van der Waals surface area contributed by atoms with E-state index in [1.165, 1.54) is 10.4 Å². The second-order valence-corrected chi connectivity index (χ2v) is 6.18. The first-order valence-corrected chi connectivity index (χ1v) is 7.70. The van der Waals surface area contributed by atoms with Crippen LogP contribution in [-0.2, 0) is 13.1 Å². The molecule has 1 N–H and O–H groups in total. The molecule has 0 amide bonds. The Hall–Kier alpha value is -0.980. The van der Waals surface area contributed by atoms with E-state index >= 15 is 0 Å². The zero-order valence-corrected chi connectivity index (χ0v) is 13.2. The number of alkyl halides is 2. The monoisotopic (exact) mass is 361 g/mol. The van der Waals surface area contributed by atoms with Crippen molar-refractivity contribution < 1.29 is 13.5 Å². The maximum atomic E-state index is 12.3. The molecule has 0 aliphatic rings. The van der Waals surface area contributed by atoms with Gasteiger partial charge in [-0.25, -0.2) is 0 Å². The Balaban J connectivity index is 2.01. The highest BCUT2D eigenvalue weighted by Gasteiger charge is 2.10. The van der Waals surface area contributed by atoms with Gasteiger partial charge in [-0.05, 0) is 42.1 Å². The molecule has 0 atom stereocenters. The molecule has 2 aromatic rings. The SMILES string of the molecule is Cc1ccsc1CNCc1cc(Br)ccc1OC(F)F. The summed E-state index contributed by atoms with van der Waals surface area (Å²) in [6.45, 7) is 0.426. The molecule has 1 aromatic carbocycles. The summed E-state index contributed by atoms with van der Waals surface area (Å²) in [5.41, 5.74) is 1.94. The Morgan fingerprint density at radius 2 is 2.10 bits per heavy atom. The molecular weight excluding hydrogens is 348 g/mol. The van der Waals surface area contributed by atoms with Gasteiger partial charge in [0, 0.05) is 28.0 Å². The lowest BCUT2D eigenvalue weighted by Gasteiger charge is -2.12. The van der Waals surface area contributed by atoms with Gasteiger partial charge in [0.1, 0.15) is 5.75 Å². The van der Waals surface area contributed by atoms with Crippen molar-refractivity contribution in [3.05, 3.63) is 50.1 Å². The van der Waals surface area contributed by atoms with Crippen molar-refractivity contribution >= 4 is 27.3 Å². The molecule has 2 nitrogen and oxygen atoms in total. The van der Waals surface area contributed by atoms with E-state index in [-0.39, 0.29) is 5.75 Å². The van der Waals surface area contributed by atoms with Crippen molar-refractivity contribution in [1.29, 1.82) is 0 Å². The zero-order valence-electron chi connectivity index (χ0n) is 10.8. The van der Waals surface area contributed by atoms with Crippen LogP contribution < -0.4 is 10.1 Å². The van der Waals surface area contributed by atoms with E-state index in [1.54, 1.807) is 29.5 Å². The molecule has 1 heterocycles. The minimum atomic E-state index is -2.81. The molecule has 0 bridgehead atoms. The van der Waals surface area contributed by atoms with Crippen LogP contribution in [-0.4, -0.2) is 6.61 Å². The van der Waals surface area contributed by atoms with Gasteiger partial charge in [0.15, 0.2) is 0 Å². The first-order chi connectivity index (χ1) is 9.56. The molecule has 1 aromatic heterocycles. The van der Waals surface area contributed by atoms with Crippen LogP contribution in [0.5, 0.6) is 5.75 Å². The minimum Gasteiger partial charge on any atom is -0.434 e. The fourth-order valence-electron chi connectivity index (χ4n) is 1.79. The van der Waals surface area contributed by atoms with Gasteiger partial charge in [-0.3, -0.25) is 0 Å².